The molecule has 1 N–H and O–H groups in total. The summed E-state index contributed by atoms with van der Waals surface area (Å²) in [4.78, 5) is 0. The van der Waals surface area contributed by atoms with E-state index in [4.69, 9.17) is 5.73 Å². The van der Waals surface area contributed by atoms with E-state index in [1.807, 2.05) is 20.8 Å². The Hall–Kier alpha value is -1.39. The fourth-order valence-electron chi connectivity index (χ4n) is 3.46. The number of rotatable bonds is 3. The van der Waals surface area contributed by atoms with Gasteiger partial charge in [-0.05, 0) is 16.5 Å². The van der Waals surface area contributed by atoms with Crippen molar-refractivity contribution < 1.29 is 46.5 Å². The van der Waals surface area contributed by atoms with Gasteiger partial charge in [0.2, 0.25) is 0 Å². The van der Waals surface area contributed by atoms with Crippen LogP contribution in [-0.4, -0.2) is 16.5 Å². The molecule has 3 aromatic rings. The van der Waals surface area contributed by atoms with Crippen LogP contribution < -0.4 is 24.8 Å². The maximum atomic E-state index is 6.94. The molecule has 3 aromatic carbocycles. The molecule has 4 rings (SSSR count). The van der Waals surface area contributed by atoms with Crippen molar-refractivity contribution in [3.05, 3.63) is 134 Å². The summed E-state index contributed by atoms with van der Waals surface area (Å²) in [7, 11) is 0. The van der Waals surface area contributed by atoms with E-state index in [9.17, 15) is 0 Å². The van der Waals surface area contributed by atoms with Crippen LogP contribution >= 0.6 is 0 Å². The van der Waals surface area contributed by atoms with E-state index in [1.165, 1.54) is 33.4 Å². The smallest absolute Gasteiger partial charge is 1.00 e. The minimum absolute atomic E-state index is 0. The first-order chi connectivity index (χ1) is 13.8. The minimum Gasteiger partial charge on any atom is -1.00 e. The molecule has 0 radical (unpaired) electrons. The van der Waals surface area contributed by atoms with Crippen LogP contribution in [-0.2, 0) is 21.7 Å². The van der Waals surface area contributed by atoms with Crippen LogP contribution in [0, 0.1) is 26.8 Å². The van der Waals surface area contributed by atoms with E-state index >= 15 is 0 Å². The zero-order valence-electron chi connectivity index (χ0n) is 21.0. The van der Waals surface area contributed by atoms with E-state index < -0.39 is 0 Å². The summed E-state index contributed by atoms with van der Waals surface area (Å²) in [5, 5.41) is 0. The number of hydrogen-bond acceptors (Lipinski definition) is 0. The van der Waals surface area contributed by atoms with Crippen LogP contribution in [0.4, 0.5) is 0 Å². The summed E-state index contributed by atoms with van der Waals surface area (Å²) >= 11 is 0. The van der Waals surface area contributed by atoms with Gasteiger partial charge in [0.05, 0.1) is 0 Å². The van der Waals surface area contributed by atoms with Gasteiger partial charge in [-0.3, -0.25) is 0 Å². The van der Waals surface area contributed by atoms with Crippen LogP contribution in [0.5, 0.6) is 0 Å². The van der Waals surface area contributed by atoms with E-state index in [0.29, 0.717) is 0 Å². The van der Waals surface area contributed by atoms with Gasteiger partial charge in [0.1, 0.15) is 0 Å². The molecule has 0 amide bonds. The van der Waals surface area contributed by atoms with Gasteiger partial charge in [-0.2, -0.15) is 11.6 Å². The average molecular weight is 561 g/mol. The molecular formula is C30H39Cl2NSiTi-4. The fraction of sp³-hybridized carbons (Fsp3) is 0.200. The van der Waals surface area contributed by atoms with Crippen molar-refractivity contribution in [1.82, 2.24) is 0 Å². The zero-order chi connectivity index (χ0) is 20.9. The molecule has 35 heavy (non-hydrogen) atoms. The monoisotopic (exact) mass is 559 g/mol. The quantitative estimate of drug-likeness (QED) is 0.342. The van der Waals surface area contributed by atoms with Gasteiger partial charge >= 0.3 is 21.7 Å². The maximum Gasteiger partial charge on any atom is 2.00 e. The van der Waals surface area contributed by atoms with Gasteiger partial charge in [-0.1, -0.05) is 124 Å². The van der Waals surface area contributed by atoms with Crippen LogP contribution in [0.1, 0.15) is 44.4 Å². The molecule has 5 heteroatoms. The number of benzene rings is 3. The summed E-state index contributed by atoms with van der Waals surface area (Å²) in [6.45, 7) is 7.80. The van der Waals surface area contributed by atoms with Crippen molar-refractivity contribution >= 4 is 27.7 Å². The predicted molar refractivity (Wildman–Crippen MR) is 150 cm³/mol. The topological polar surface area (TPSA) is 23.8 Å². The summed E-state index contributed by atoms with van der Waals surface area (Å²) in [5.74, 6) is 0.276. The maximum absolute atomic E-state index is 6.94. The molecule has 0 spiro atoms. The second-order valence-corrected chi connectivity index (χ2v) is 8.38. The van der Waals surface area contributed by atoms with Crippen molar-refractivity contribution in [2.45, 2.75) is 33.2 Å². The van der Waals surface area contributed by atoms with Crippen LogP contribution in [0.3, 0.4) is 0 Å². The molecule has 0 bridgehead atoms. The number of hydrogen-bond donors (Lipinski definition) is 0. The van der Waals surface area contributed by atoms with Crippen molar-refractivity contribution in [3.8, 4) is 0 Å². The molecule has 190 valence electrons. The number of nitrogens with one attached hydrogen (secondary N) is 1. The summed E-state index contributed by atoms with van der Waals surface area (Å²) < 4.78 is 0. The van der Waals surface area contributed by atoms with Crippen LogP contribution in [0.2, 0.25) is 0 Å². The summed E-state index contributed by atoms with van der Waals surface area (Å²) in [6.07, 6.45) is 3.71. The average Bonchev–Trinajstić information content (AvgIpc) is 3.06. The number of allylic oxidation sites excluding steroid dienone is 4. The second-order valence-electron chi connectivity index (χ2n) is 8.38. The third kappa shape index (κ3) is 11.9. The van der Waals surface area contributed by atoms with Gasteiger partial charge in [0.25, 0.3) is 0 Å². The van der Waals surface area contributed by atoms with Gasteiger partial charge in [-0.25, -0.2) is 0 Å². The standard InChI is InChI=1S/C24H19.C4H10N.2CH3.2ClH.H4Si.Ti/c1-18-17-22(19-11-5-2-6-12-19)24(21-15-9-4-10-16-21)23(18)20-13-7-3-8-14-20;1-4(2,3)5;;;;;;/h2-16,18H,1H3;5H,1-3H3;2*1H3;2*1H;1H4;/q4*-1;;;;+2/p-2. The molecule has 0 fully saturated rings. The van der Waals surface area contributed by atoms with Crippen molar-refractivity contribution in [3.63, 3.8) is 0 Å². The Bertz CT molecular complexity index is 993. The summed E-state index contributed by atoms with van der Waals surface area (Å²) in [5.41, 5.74) is 14.3. The molecule has 1 unspecified atom stereocenters. The molecule has 0 aliphatic heterocycles. The second kappa shape index (κ2) is 18.8. The normalized spacial score (nSPS) is 13.4. The summed E-state index contributed by atoms with van der Waals surface area (Å²) in [6, 6.07) is 32.0. The first kappa shape index (κ1) is 40.8. The predicted octanol–water partition coefficient (Wildman–Crippen LogP) is 1.43. The Morgan fingerprint density at radius 2 is 0.971 bits per heavy atom. The van der Waals surface area contributed by atoms with Crippen molar-refractivity contribution in [2.24, 2.45) is 5.92 Å². The van der Waals surface area contributed by atoms with E-state index in [-0.39, 0.29) is 83.8 Å². The Morgan fingerprint density at radius 3 is 1.34 bits per heavy atom. The first-order valence-electron chi connectivity index (χ1n) is 10.1. The van der Waals surface area contributed by atoms with E-state index in [2.05, 4.69) is 104 Å². The van der Waals surface area contributed by atoms with Crippen molar-refractivity contribution in [2.75, 3.05) is 0 Å². The molecule has 1 atom stereocenters. The van der Waals surface area contributed by atoms with Gasteiger partial charge in [0.15, 0.2) is 0 Å². The molecule has 0 heterocycles. The van der Waals surface area contributed by atoms with Crippen molar-refractivity contribution in [1.29, 1.82) is 0 Å². The first-order valence-corrected chi connectivity index (χ1v) is 10.1. The van der Waals surface area contributed by atoms with E-state index in [1.54, 1.807) is 0 Å². The van der Waals surface area contributed by atoms with Crippen LogP contribution in [0.25, 0.3) is 22.5 Å². The molecule has 1 aliphatic rings. The number of halogens is 2. The Balaban J connectivity index is -0.000000401. The Kier molecular flexibility index (Phi) is 21.9. The molecule has 0 saturated heterocycles. The molecule has 0 saturated carbocycles. The molecule has 1 aliphatic carbocycles. The SMILES string of the molecule is CC(C)(C)[NH-].CC1[C-]=C(c2ccccc2)C(c2ccccc2)=C1c1ccccc1.[CH3-].[CH3-].[Cl-].[Cl-].[SiH4].[Ti+2]. The van der Waals surface area contributed by atoms with Gasteiger partial charge in [0, 0.05) is 0 Å². The van der Waals surface area contributed by atoms with E-state index in [0.717, 1.165) is 0 Å². The molecule has 1 nitrogen and oxygen atoms in total. The third-order valence-electron chi connectivity index (χ3n) is 4.52. The minimum atomic E-state index is -0.250. The third-order valence-corrected chi connectivity index (χ3v) is 4.52. The Morgan fingerprint density at radius 1 is 0.657 bits per heavy atom. The molecular weight excluding hydrogens is 521 g/mol. The van der Waals surface area contributed by atoms with Gasteiger partial charge < -0.3 is 45.4 Å². The van der Waals surface area contributed by atoms with Crippen LogP contribution in [0.15, 0.2) is 91.0 Å². The Labute approximate surface area is 246 Å². The molecule has 0 aromatic heterocycles. The fourth-order valence-corrected chi connectivity index (χ4v) is 3.46. The zero-order valence-corrected chi connectivity index (χ0v) is 24.1. The largest absolute Gasteiger partial charge is 2.00 e. The van der Waals surface area contributed by atoms with Gasteiger partial charge in [-0.15, -0.1) is 28.8 Å².